The third-order valence-electron chi connectivity index (χ3n) is 2.83. The van der Waals surface area contributed by atoms with Gasteiger partial charge < -0.3 is 14.8 Å². The number of methoxy groups -OCH3 is 1. The number of carbonyl (C=O) groups excluding carboxylic acids is 1. The van der Waals surface area contributed by atoms with Crippen molar-refractivity contribution < 1.29 is 19.2 Å². The van der Waals surface area contributed by atoms with Crippen LogP contribution >= 0.6 is 0 Å². The molecule has 0 aliphatic rings. The molecule has 0 aliphatic carbocycles. The predicted molar refractivity (Wildman–Crippen MR) is 81.3 cm³/mol. The zero-order valence-corrected chi connectivity index (χ0v) is 12.5. The Morgan fingerprint density at radius 3 is 2.70 bits per heavy atom. The van der Waals surface area contributed by atoms with Gasteiger partial charge >= 0.3 is 5.69 Å². The minimum Gasteiger partial charge on any atom is -0.491 e. The molecule has 0 bridgehead atoms. The molecule has 0 unspecified atom stereocenters. The van der Waals surface area contributed by atoms with E-state index in [9.17, 15) is 14.9 Å². The lowest BCUT2D eigenvalue weighted by molar-refractivity contribution is -0.385. The number of hydrogen-bond donors (Lipinski definition) is 1. The normalized spacial score (nSPS) is 10.3. The van der Waals surface area contributed by atoms with Crippen LogP contribution in [0.1, 0.15) is 0 Å². The maximum absolute atomic E-state index is 11.9. The summed E-state index contributed by atoms with van der Waals surface area (Å²) in [6, 6.07) is 6.85. The van der Waals surface area contributed by atoms with E-state index in [1.807, 2.05) is 0 Å². The Morgan fingerprint density at radius 1 is 1.35 bits per heavy atom. The van der Waals surface area contributed by atoms with Crippen molar-refractivity contribution in [1.82, 2.24) is 9.78 Å². The summed E-state index contributed by atoms with van der Waals surface area (Å²) in [5, 5.41) is 17.0. The van der Waals surface area contributed by atoms with Crippen LogP contribution in [0, 0.1) is 10.1 Å². The summed E-state index contributed by atoms with van der Waals surface area (Å²) in [6.07, 6.45) is 2.30. The van der Waals surface area contributed by atoms with Crippen molar-refractivity contribution in [1.29, 1.82) is 0 Å². The van der Waals surface area contributed by atoms with Gasteiger partial charge in [0.25, 0.3) is 0 Å². The molecule has 2 rings (SSSR count). The van der Waals surface area contributed by atoms with Gasteiger partial charge in [0.05, 0.1) is 11.5 Å². The maximum atomic E-state index is 11.9. The molecule has 0 saturated carbocycles. The Labute approximate surface area is 132 Å². The van der Waals surface area contributed by atoms with Crippen LogP contribution in [0.2, 0.25) is 0 Å². The average Bonchev–Trinajstić information content (AvgIpc) is 2.98. The highest BCUT2D eigenvalue weighted by molar-refractivity contribution is 5.90. The molecule has 9 nitrogen and oxygen atoms in total. The predicted octanol–water partition coefficient (Wildman–Crippen LogP) is 1.46. The van der Waals surface area contributed by atoms with Crippen LogP contribution in [-0.2, 0) is 16.1 Å². The minimum atomic E-state index is -0.566. The van der Waals surface area contributed by atoms with Crippen LogP contribution in [0.4, 0.5) is 11.4 Å². The van der Waals surface area contributed by atoms with E-state index in [1.54, 1.807) is 31.4 Å². The molecule has 1 amide bonds. The van der Waals surface area contributed by atoms with Crippen molar-refractivity contribution in [3.05, 3.63) is 46.8 Å². The highest BCUT2D eigenvalue weighted by Gasteiger charge is 2.11. The molecule has 0 aliphatic heterocycles. The summed E-state index contributed by atoms with van der Waals surface area (Å²) in [5.41, 5.74) is 0.436. The first-order chi connectivity index (χ1) is 11.1. The summed E-state index contributed by atoms with van der Waals surface area (Å²) in [7, 11) is 1.59. The number of anilines is 1. The molecule has 0 spiro atoms. The molecule has 0 radical (unpaired) electrons. The second-order valence-corrected chi connectivity index (χ2v) is 4.57. The van der Waals surface area contributed by atoms with Crippen molar-refractivity contribution in [2.45, 2.75) is 6.54 Å². The van der Waals surface area contributed by atoms with Crippen molar-refractivity contribution in [3.8, 4) is 5.75 Å². The molecule has 0 fully saturated rings. The Bertz CT molecular complexity index is 668. The van der Waals surface area contributed by atoms with E-state index >= 15 is 0 Å². The molecule has 1 aromatic heterocycles. The van der Waals surface area contributed by atoms with E-state index in [0.29, 0.717) is 24.7 Å². The number of carbonyl (C=O) groups is 1. The van der Waals surface area contributed by atoms with Gasteiger partial charge in [-0.05, 0) is 24.3 Å². The molecule has 0 atom stereocenters. The second kappa shape index (κ2) is 7.90. The number of nitrogens with one attached hydrogen (secondary N) is 1. The molecular weight excluding hydrogens is 304 g/mol. The van der Waals surface area contributed by atoms with E-state index in [2.05, 4.69) is 10.4 Å². The first-order valence-electron chi connectivity index (χ1n) is 6.77. The quantitative estimate of drug-likeness (QED) is 0.448. The van der Waals surface area contributed by atoms with Gasteiger partial charge in [0, 0.05) is 12.8 Å². The fourth-order valence-electron chi connectivity index (χ4n) is 1.76. The molecule has 1 heterocycles. The molecule has 23 heavy (non-hydrogen) atoms. The summed E-state index contributed by atoms with van der Waals surface area (Å²) >= 11 is 0. The monoisotopic (exact) mass is 320 g/mol. The smallest absolute Gasteiger partial charge is 0.307 e. The van der Waals surface area contributed by atoms with Crippen LogP contribution in [0.25, 0.3) is 0 Å². The highest BCUT2D eigenvalue weighted by Crippen LogP contribution is 2.16. The van der Waals surface area contributed by atoms with Crippen molar-refractivity contribution in [3.63, 3.8) is 0 Å². The summed E-state index contributed by atoms with van der Waals surface area (Å²) < 4.78 is 11.5. The fourth-order valence-corrected chi connectivity index (χ4v) is 1.76. The Kier molecular flexibility index (Phi) is 5.64. The Morgan fingerprint density at radius 2 is 2.09 bits per heavy atom. The maximum Gasteiger partial charge on any atom is 0.307 e. The van der Waals surface area contributed by atoms with Gasteiger partial charge in [0.2, 0.25) is 5.91 Å². The Hall–Kier alpha value is -2.94. The largest absolute Gasteiger partial charge is 0.491 e. The molecule has 0 saturated heterocycles. The lowest BCUT2D eigenvalue weighted by Crippen LogP contribution is -2.18. The number of hydrogen-bond acceptors (Lipinski definition) is 6. The number of ether oxygens (including phenoxy) is 2. The number of nitro groups is 1. The van der Waals surface area contributed by atoms with Gasteiger partial charge in [-0.3, -0.25) is 19.6 Å². The lowest BCUT2D eigenvalue weighted by Gasteiger charge is -2.08. The molecule has 1 aromatic carbocycles. The van der Waals surface area contributed by atoms with Crippen molar-refractivity contribution in [2.24, 2.45) is 0 Å². The number of benzene rings is 1. The van der Waals surface area contributed by atoms with Gasteiger partial charge in [0.1, 0.15) is 31.3 Å². The molecule has 2 aromatic rings. The number of nitrogens with zero attached hydrogens (tertiary/aromatic N) is 3. The standard InChI is InChI=1S/C14H16N4O5/c1-22-6-7-23-13-4-2-11(3-5-13)16-14(19)10-17-9-12(8-15-17)18(20)21/h2-5,8-9H,6-7,10H2,1H3,(H,16,19). The highest BCUT2D eigenvalue weighted by atomic mass is 16.6. The van der Waals surface area contributed by atoms with E-state index < -0.39 is 4.92 Å². The summed E-state index contributed by atoms with van der Waals surface area (Å²) in [6.45, 7) is 0.828. The Balaban J connectivity index is 1.85. The van der Waals surface area contributed by atoms with Crippen LogP contribution < -0.4 is 10.1 Å². The zero-order valence-electron chi connectivity index (χ0n) is 12.5. The first kappa shape index (κ1) is 16.4. The molecule has 1 N–H and O–H groups in total. The van der Waals surface area contributed by atoms with Gasteiger partial charge in [0.15, 0.2) is 0 Å². The zero-order chi connectivity index (χ0) is 16.7. The van der Waals surface area contributed by atoms with Crippen LogP contribution in [-0.4, -0.2) is 40.9 Å². The summed E-state index contributed by atoms with van der Waals surface area (Å²) in [5.74, 6) is 0.332. The van der Waals surface area contributed by atoms with Crippen LogP contribution in [0.5, 0.6) is 5.75 Å². The van der Waals surface area contributed by atoms with Gasteiger partial charge in [-0.15, -0.1) is 0 Å². The van der Waals surface area contributed by atoms with Crippen molar-refractivity contribution >= 4 is 17.3 Å². The lowest BCUT2D eigenvalue weighted by atomic mass is 10.3. The second-order valence-electron chi connectivity index (χ2n) is 4.57. The average molecular weight is 320 g/mol. The van der Waals surface area contributed by atoms with E-state index in [-0.39, 0.29) is 18.1 Å². The number of amides is 1. The molecule has 9 heteroatoms. The summed E-state index contributed by atoms with van der Waals surface area (Å²) in [4.78, 5) is 21.9. The van der Waals surface area contributed by atoms with E-state index in [0.717, 1.165) is 6.20 Å². The van der Waals surface area contributed by atoms with E-state index in [1.165, 1.54) is 10.9 Å². The molecular formula is C14H16N4O5. The third-order valence-corrected chi connectivity index (χ3v) is 2.83. The first-order valence-corrected chi connectivity index (χ1v) is 6.77. The minimum absolute atomic E-state index is 0.111. The van der Waals surface area contributed by atoms with E-state index in [4.69, 9.17) is 9.47 Å². The van der Waals surface area contributed by atoms with Crippen molar-refractivity contribution in [2.75, 3.05) is 25.6 Å². The van der Waals surface area contributed by atoms with Gasteiger partial charge in [-0.1, -0.05) is 0 Å². The topological polar surface area (TPSA) is 109 Å². The van der Waals surface area contributed by atoms with Crippen LogP contribution in [0.3, 0.4) is 0 Å². The number of aromatic nitrogens is 2. The van der Waals surface area contributed by atoms with Gasteiger partial charge in [-0.2, -0.15) is 5.10 Å². The fraction of sp³-hybridized carbons (Fsp3) is 0.286. The number of rotatable bonds is 8. The van der Waals surface area contributed by atoms with Crippen LogP contribution in [0.15, 0.2) is 36.7 Å². The van der Waals surface area contributed by atoms with Gasteiger partial charge in [-0.25, -0.2) is 0 Å². The SMILES string of the molecule is COCCOc1ccc(NC(=O)Cn2cc([N+](=O)[O-])cn2)cc1. The third kappa shape index (κ3) is 5.08. The molecule has 122 valence electrons.